The Morgan fingerprint density at radius 3 is 2.70 bits per heavy atom. The first-order valence-electron chi connectivity index (χ1n) is 7.58. The lowest BCUT2D eigenvalue weighted by Crippen LogP contribution is -2.25. The number of hydrogen-bond acceptors (Lipinski definition) is 4. The van der Waals surface area contributed by atoms with Crippen LogP contribution in [0.3, 0.4) is 0 Å². The van der Waals surface area contributed by atoms with Gasteiger partial charge in [-0.15, -0.1) is 11.3 Å². The molecule has 0 atom stereocenters. The standard InChI is InChI=1S/C18H20N2O2S/c1-11-5-6-14(9-12(11)2)15-10-23-17-16(15)18(21)20(7-8-22-4)13(3)19-17/h5-6,9-10H,7-8H2,1-4H3. The largest absolute Gasteiger partial charge is 0.383 e. The average Bonchev–Trinajstić information content (AvgIpc) is 2.93. The van der Waals surface area contributed by atoms with Gasteiger partial charge in [0.2, 0.25) is 0 Å². The highest BCUT2D eigenvalue weighted by Crippen LogP contribution is 2.32. The lowest BCUT2D eigenvalue weighted by Gasteiger charge is -2.10. The van der Waals surface area contributed by atoms with Crippen molar-refractivity contribution in [3.8, 4) is 11.1 Å². The monoisotopic (exact) mass is 328 g/mol. The van der Waals surface area contributed by atoms with Gasteiger partial charge in [-0.25, -0.2) is 4.98 Å². The minimum Gasteiger partial charge on any atom is -0.383 e. The van der Waals surface area contributed by atoms with Gasteiger partial charge in [-0.05, 0) is 37.5 Å². The predicted molar refractivity (Wildman–Crippen MR) is 95.4 cm³/mol. The summed E-state index contributed by atoms with van der Waals surface area (Å²) in [5.41, 5.74) is 4.53. The molecule has 0 aliphatic rings. The number of rotatable bonds is 4. The summed E-state index contributed by atoms with van der Waals surface area (Å²) in [7, 11) is 1.64. The fourth-order valence-electron chi connectivity index (χ4n) is 2.69. The molecule has 4 nitrogen and oxygen atoms in total. The Hall–Kier alpha value is -1.98. The molecule has 0 saturated carbocycles. The van der Waals surface area contributed by atoms with Crippen molar-refractivity contribution in [3.05, 3.63) is 50.9 Å². The Labute approximate surface area is 139 Å². The SMILES string of the molecule is COCCn1c(C)nc2scc(-c3ccc(C)c(C)c3)c2c1=O. The molecule has 5 heteroatoms. The van der Waals surface area contributed by atoms with Crippen molar-refractivity contribution in [2.24, 2.45) is 0 Å². The van der Waals surface area contributed by atoms with Crippen LogP contribution in [0.1, 0.15) is 17.0 Å². The van der Waals surface area contributed by atoms with Crippen LogP contribution in [0.15, 0.2) is 28.4 Å². The topological polar surface area (TPSA) is 44.1 Å². The lowest BCUT2D eigenvalue weighted by atomic mass is 10.0. The Morgan fingerprint density at radius 1 is 1.22 bits per heavy atom. The minimum absolute atomic E-state index is 0.0130. The number of aromatic nitrogens is 2. The highest BCUT2D eigenvalue weighted by molar-refractivity contribution is 7.17. The molecule has 0 aliphatic heterocycles. The third-order valence-corrected chi connectivity index (χ3v) is 5.09. The van der Waals surface area contributed by atoms with E-state index in [0.29, 0.717) is 18.5 Å². The molecule has 2 aromatic heterocycles. The van der Waals surface area contributed by atoms with Crippen LogP contribution in [0.2, 0.25) is 0 Å². The first kappa shape index (κ1) is 15.9. The van der Waals surface area contributed by atoms with E-state index in [9.17, 15) is 4.79 Å². The molecule has 0 saturated heterocycles. The van der Waals surface area contributed by atoms with Crippen LogP contribution in [-0.4, -0.2) is 23.3 Å². The number of benzene rings is 1. The summed E-state index contributed by atoms with van der Waals surface area (Å²) in [6, 6.07) is 6.30. The van der Waals surface area contributed by atoms with Crippen LogP contribution >= 0.6 is 11.3 Å². The van der Waals surface area contributed by atoms with Crippen molar-refractivity contribution < 1.29 is 4.74 Å². The summed E-state index contributed by atoms with van der Waals surface area (Å²) in [5, 5.41) is 2.74. The quantitative estimate of drug-likeness (QED) is 0.733. The van der Waals surface area contributed by atoms with Gasteiger partial charge in [0.1, 0.15) is 10.7 Å². The van der Waals surface area contributed by atoms with Crippen molar-refractivity contribution in [2.75, 3.05) is 13.7 Å². The van der Waals surface area contributed by atoms with E-state index in [1.54, 1.807) is 11.7 Å². The Balaban J connectivity index is 2.22. The number of nitrogens with zero attached hydrogens (tertiary/aromatic N) is 2. The van der Waals surface area contributed by atoms with Crippen LogP contribution < -0.4 is 5.56 Å². The van der Waals surface area contributed by atoms with Crippen LogP contribution in [0.4, 0.5) is 0 Å². The third-order valence-electron chi connectivity index (χ3n) is 4.22. The summed E-state index contributed by atoms with van der Waals surface area (Å²) in [5.74, 6) is 0.730. The molecule has 0 N–H and O–H groups in total. The number of thiophene rings is 1. The molecule has 0 amide bonds. The normalized spacial score (nSPS) is 11.3. The molecule has 0 bridgehead atoms. The van der Waals surface area contributed by atoms with E-state index >= 15 is 0 Å². The second-order valence-electron chi connectivity index (χ2n) is 5.74. The molecule has 3 rings (SSSR count). The fraction of sp³-hybridized carbons (Fsp3) is 0.333. The Kier molecular flexibility index (Phi) is 4.33. The molecule has 0 aliphatic carbocycles. The summed E-state index contributed by atoms with van der Waals surface area (Å²) < 4.78 is 6.81. The summed E-state index contributed by atoms with van der Waals surface area (Å²) >= 11 is 1.52. The first-order valence-corrected chi connectivity index (χ1v) is 8.46. The minimum atomic E-state index is 0.0130. The second kappa shape index (κ2) is 6.26. The predicted octanol–water partition coefficient (Wildman–Crippen LogP) is 3.70. The van der Waals surface area contributed by atoms with E-state index < -0.39 is 0 Å². The van der Waals surface area contributed by atoms with Gasteiger partial charge in [-0.2, -0.15) is 0 Å². The van der Waals surface area contributed by atoms with Crippen molar-refractivity contribution in [2.45, 2.75) is 27.3 Å². The molecule has 2 heterocycles. The molecule has 3 aromatic rings. The van der Waals surface area contributed by atoms with Crippen molar-refractivity contribution in [1.29, 1.82) is 0 Å². The van der Waals surface area contributed by atoms with E-state index in [0.717, 1.165) is 21.8 Å². The zero-order valence-electron chi connectivity index (χ0n) is 13.8. The van der Waals surface area contributed by atoms with Crippen molar-refractivity contribution in [3.63, 3.8) is 0 Å². The summed E-state index contributed by atoms with van der Waals surface area (Å²) in [6.07, 6.45) is 0. The molecular weight excluding hydrogens is 308 g/mol. The van der Waals surface area contributed by atoms with Crippen LogP contribution in [0, 0.1) is 20.8 Å². The average molecular weight is 328 g/mol. The number of methoxy groups -OCH3 is 1. The molecule has 0 radical (unpaired) electrons. The van der Waals surface area contributed by atoms with Gasteiger partial charge in [0.25, 0.3) is 5.56 Å². The third kappa shape index (κ3) is 2.82. The number of hydrogen-bond donors (Lipinski definition) is 0. The van der Waals surface area contributed by atoms with Gasteiger partial charge < -0.3 is 4.74 Å². The van der Waals surface area contributed by atoms with Gasteiger partial charge in [0.15, 0.2) is 0 Å². The highest BCUT2D eigenvalue weighted by atomic mass is 32.1. The summed E-state index contributed by atoms with van der Waals surface area (Å²) in [6.45, 7) is 7.06. The van der Waals surface area contributed by atoms with E-state index in [1.165, 1.54) is 22.5 Å². The van der Waals surface area contributed by atoms with Gasteiger partial charge in [-0.3, -0.25) is 9.36 Å². The molecule has 0 fully saturated rings. The van der Waals surface area contributed by atoms with E-state index in [2.05, 4.69) is 37.0 Å². The zero-order valence-corrected chi connectivity index (χ0v) is 14.7. The molecule has 1 aromatic carbocycles. The number of aryl methyl sites for hydroxylation is 3. The maximum Gasteiger partial charge on any atom is 0.262 e. The van der Waals surface area contributed by atoms with Crippen molar-refractivity contribution >= 4 is 21.6 Å². The van der Waals surface area contributed by atoms with Gasteiger partial charge in [0, 0.05) is 18.1 Å². The van der Waals surface area contributed by atoms with Gasteiger partial charge in [-0.1, -0.05) is 18.2 Å². The Morgan fingerprint density at radius 2 is 2.00 bits per heavy atom. The molecule has 0 spiro atoms. The molecule has 0 unspecified atom stereocenters. The summed E-state index contributed by atoms with van der Waals surface area (Å²) in [4.78, 5) is 18.3. The van der Waals surface area contributed by atoms with Gasteiger partial charge >= 0.3 is 0 Å². The first-order chi connectivity index (χ1) is 11.0. The lowest BCUT2D eigenvalue weighted by molar-refractivity contribution is 0.185. The maximum atomic E-state index is 12.9. The number of ether oxygens (including phenoxy) is 1. The fourth-order valence-corrected chi connectivity index (χ4v) is 3.68. The van der Waals surface area contributed by atoms with Crippen LogP contribution in [-0.2, 0) is 11.3 Å². The van der Waals surface area contributed by atoms with Gasteiger partial charge in [0.05, 0.1) is 18.5 Å². The molecular formula is C18H20N2O2S. The smallest absolute Gasteiger partial charge is 0.262 e. The highest BCUT2D eigenvalue weighted by Gasteiger charge is 2.15. The number of fused-ring (bicyclic) bond motifs is 1. The second-order valence-corrected chi connectivity index (χ2v) is 6.60. The molecule has 120 valence electrons. The van der Waals surface area contributed by atoms with Crippen LogP contribution in [0.25, 0.3) is 21.3 Å². The maximum absolute atomic E-state index is 12.9. The van der Waals surface area contributed by atoms with E-state index in [4.69, 9.17) is 4.74 Å². The Bertz CT molecular complexity index is 925. The van der Waals surface area contributed by atoms with Crippen molar-refractivity contribution in [1.82, 2.24) is 9.55 Å². The van der Waals surface area contributed by atoms with E-state index in [-0.39, 0.29) is 5.56 Å². The van der Waals surface area contributed by atoms with E-state index in [1.807, 2.05) is 12.3 Å². The molecule has 23 heavy (non-hydrogen) atoms. The zero-order chi connectivity index (χ0) is 16.6. The van der Waals surface area contributed by atoms with Crippen LogP contribution in [0.5, 0.6) is 0 Å².